The Bertz CT molecular complexity index is 739. The molecule has 2 N–H and O–H groups in total. The normalized spacial score (nSPS) is 12.0. The minimum absolute atomic E-state index is 0. The number of ether oxygens (including phenoxy) is 3. The van der Waals surface area contributed by atoms with Gasteiger partial charge in [0.1, 0.15) is 0 Å². The van der Waals surface area contributed by atoms with Gasteiger partial charge in [0.05, 0.1) is 21.3 Å². The fourth-order valence-electron chi connectivity index (χ4n) is 2.82. The molecule has 2 rings (SSSR count). The molecular formula is C20H30IN3O3S. The van der Waals surface area contributed by atoms with Crippen LogP contribution in [-0.4, -0.2) is 40.9 Å². The summed E-state index contributed by atoms with van der Waals surface area (Å²) in [6.07, 6.45) is 1.06. The molecule has 0 bridgehead atoms. The van der Waals surface area contributed by atoms with E-state index in [9.17, 15) is 0 Å². The zero-order chi connectivity index (χ0) is 19.6. The Balaban J connectivity index is 0.00000392. The summed E-state index contributed by atoms with van der Waals surface area (Å²) in [7, 11) is 6.61. The molecular weight excluding hydrogens is 489 g/mol. The molecule has 0 fully saturated rings. The van der Waals surface area contributed by atoms with Crippen LogP contribution in [0.4, 0.5) is 0 Å². The van der Waals surface area contributed by atoms with Gasteiger partial charge in [-0.25, -0.2) is 0 Å². The fraction of sp³-hybridized carbons (Fsp3) is 0.450. The molecule has 156 valence electrons. The van der Waals surface area contributed by atoms with Crippen LogP contribution in [0.3, 0.4) is 0 Å². The average molecular weight is 519 g/mol. The van der Waals surface area contributed by atoms with E-state index in [4.69, 9.17) is 14.2 Å². The smallest absolute Gasteiger partial charge is 0.203 e. The Kier molecular flexibility index (Phi) is 11.1. The molecule has 0 saturated heterocycles. The van der Waals surface area contributed by atoms with Crippen LogP contribution in [0.1, 0.15) is 17.4 Å². The molecule has 8 heteroatoms. The zero-order valence-corrected chi connectivity index (χ0v) is 20.2. The number of methoxy groups -OCH3 is 3. The van der Waals surface area contributed by atoms with Gasteiger partial charge in [-0.15, -0.1) is 35.3 Å². The molecule has 1 aromatic carbocycles. The average Bonchev–Trinajstić information content (AvgIpc) is 3.20. The van der Waals surface area contributed by atoms with Gasteiger partial charge >= 0.3 is 0 Å². The van der Waals surface area contributed by atoms with Crippen molar-refractivity contribution in [1.29, 1.82) is 0 Å². The van der Waals surface area contributed by atoms with Gasteiger partial charge in [-0.3, -0.25) is 4.99 Å². The number of hydrogen-bond donors (Lipinski definition) is 2. The van der Waals surface area contributed by atoms with Crippen molar-refractivity contribution in [3.8, 4) is 17.2 Å². The van der Waals surface area contributed by atoms with Crippen molar-refractivity contribution in [1.82, 2.24) is 10.6 Å². The molecule has 1 atom stereocenters. The van der Waals surface area contributed by atoms with E-state index in [1.165, 1.54) is 4.88 Å². The summed E-state index contributed by atoms with van der Waals surface area (Å²) in [5.74, 6) is 3.16. The minimum Gasteiger partial charge on any atom is -0.493 e. The maximum Gasteiger partial charge on any atom is 0.203 e. The molecule has 0 aliphatic rings. The third-order valence-corrected chi connectivity index (χ3v) is 5.10. The Hall–Kier alpha value is -1.68. The van der Waals surface area contributed by atoms with Gasteiger partial charge in [-0.1, -0.05) is 13.0 Å². The van der Waals surface area contributed by atoms with E-state index in [1.807, 2.05) is 12.1 Å². The van der Waals surface area contributed by atoms with Gasteiger partial charge in [0.25, 0.3) is 0 Å². The summed E-state index contributed by atoms with van der Waals surface area (Å²) in [6, 6.07) is 8.10. The first-order chi connectivity index (χ1) is 13.1. The Morgan fingerprint density at radius 1 is 1.07 bits per heavy atom. The van der Waals surface area contributed by atoms with E-state index in [0.717, 1.165) is 24.5 Å². The number of nitrogens with zero attached hydrogens (tertiary/aromatic N) is 1. The summed E-state index contributed by atoms with van der Waals surface area (Å²) in [5, 5.41) is 8.83. The van der Waals surface area contributed by atoms with Gasteiger partial charge in [0.15, 0.2) is 17.5 Å². The Labute approximate surface area is 188 Å². The first kappa shape index (κ1) is 24.4. The lowest BCUT2D eigenvalue weighted by molar-refractivity contribution is 0.322. The van der Waals surface area contributed by atoms with Crippen molar-refractivity contribution in [3.05, 3.63) is 40.1 Å². The summed E-state index contributed by atoms with van der Waals surface area (Å²) < 4.78 is 16.3. The van der Waals surface area contributed by atoms with Crippen LogP contribution in [0.2, 0.25) is 0 Å². The number of hydrogen-bond acceptors (Lipinski definition) is 5. The SMILES string of the molecule is CN=C(NCc1ccc(OC)c(OC)c1OC)NCC(C)Cc1cccs1.I. The Morgan fingerprint density at radius 3 is 2.39 bits per heavy atom. The molecule has 1 unspecified atom stereocenters. The number of guanidine groups is 1. The molecule has 6 nitrogen and oxygen atoms in total. The lowest BCUT2D eigenvalue weighted by Gasteiger charge is -2.18. The van der Waals surface area contributed by atoms with Crippen LogP contribution in [0.5, 0.6) is 17.2 Å². The van der Waals surface area contributed by atoms with E-state index in [0.29, 0.717) is 29.7 Å². The van der Waals surface area contributed by atoms with Crippen molar-refractivity contribution < 1.29 is 14.2 Å². The van der Waals surface area contributed by atoms with E-state index >= 15 is 0 Å². The summed E-state index contributed by atoms with van der Waals surface area (Å²) in [4.78, 5) is 5.71. The molecule has 0 spiro atoms. The third-order valence-electron chi connectivity index (χ3n) is 4.20. The quantitative estimate of drug-likeness (QED) is 0.299. The second-order valence-corrected chi connectivity index (χ2v) is 7.22. The van der Waals surface area contributed by atoms with Gasteiger partial charge in [-0.05, 0) is 35.9 Å². The summed E-state index contributed by atoms with van der Waals surface area (Å²) in [6.45, 7) is 3.64. The van der Waals surface area contributed by atoms with E-state index in [1.54, 1.807) is 39.7 Å². The second-order valence-electron chi connectivity index (χ2n) is 6.19. The Morgan fingerprint density at radius 2 is 1.82 bits per heavy atom. The highest BCUT2D eigenvalue weighted by Crippen LogP contribution is 2.39. The van der Waals surface area contributed by atoms with Crippen molar-refractivity contribution in [2.45, 2.75) is 19.9 Å². The predicted octanol–water partition coefficient (Wildman–Crippen LogP) is 3.94. The fourth-order valence-corrected chi connectivity index (χ4v) is 3.69. The van der Waals surface area contributed by atoms with Crippen LogP contribution in [0, 0.1) is 5.92 Å². The van der Waals surface area contributed by atoms with Crippen molar-refractivity contribution in [2.75, 3.05) is 34.9 Å². The predicted molar refractivity (Wildman–Crippen MR) is 127 cm³/mol. The molecule has 0 radical (unpaired) electrons. The zero-order valence-electron chi connectivity index (χ0n) is 17.1. The van der Waals surface area contributed by atoms with Gasteiger partial charge in [0.2, 0.25) is 5.75 Å². The summed E-state index contributed by atoms with van der Waals surface area (Å²) in [5.41, 5.74) is 0.963. The number of thiophene rings is 1. The van der Waals surface area contributed by atoms with E-state index in [2.05, 4.69) is 40.1 Å². The van der Waals surface area contributed by atoms with Gasteiger partial charge in [0, 0.05) is 30.6 Å². The standard InChI is InChI=1S/C20H29N3O3S.HI/c1-14(11-16-7-6-10-27-16)12-22-20(21-2)23-13-15-8-9-17(24-3)19(26-5)18(15)25-4;/h6-10,14H,11-13H2,1-5H3,(H2,21,22,23);1H. The van der Waals surface area contributed by atoms with Crippen LogP contribution in [0.15, 0.2) is 34.6 Å². The number of aliphatic imine (C=N–C) groups is 1. The maximum atomic E-state index is 5.53. The monoisotopic (exact) mass is 519 g/mol. The highest BCUT2D eigenvalue weighted by Gasteiger charge is 2.16. The number of benzene rings is 1. The topological polar surface area (TPSA) is 64.1 Å². The van der Waals surface area contributed by atoms with E-state index < -0.39 is 0 Å². The highest BCUT2D eigenvalue weighted by molar-refractivity contribution is 14.0. The summed E-state index contributed by atoms with van der Waals surface area (Å²) >= 11 is 1.80. The molecule has 0 saturated carbocycles. The highest BCUT2D eigenvalue weighted by atomic mass is 127. The van der Waals surface area contributed by atoms with Gasteiger partial charge in [-0.2, -0.15) is 0 Å². The lowest BCUT2D eigenvalue weighted by atomic mass is 10.1. The van der Waals surface area contributed by atoms with Crippen LogP contribution in [-0.2, 0) is 13.0 Å². The first-order valence-electron chi connectivity index (χ1n) is 8.87. The molecule has 28 heavy (non-hydrogen) atoms. The molecule has 0 aliphatic carbocycles. The van der Waals surface area contributed by atoms with Crippen molar-refractivity contribution in [2.24, 2.45) is 10.9 Å². The van der Waals surface area contributed by atoms with Crippen LogP contribution in [0.25, 0.3) is 0 Å². The van der Waals surface area contributed by atoms with Crippen LogP contribution < -0.4 is 24.8 Å². The molecule has 0 aliphatic heterocycles. The second kappa shape index (κ2) is 12.7. The lowest BCUT2D eigenvalue weighted by Crippen LogP contribution is -2.39. The number of halogens is 1. The minimum atomic E-state index is 0. The number of nitrogens with one attached hydrogen (secondary N) is 2. The van der Waals surface area contributed by atoms with Gasteiger partial charge < -0.3 is 24.8 Å². The molecule has 1 aromatic heterocycles. The molecule has 0 amide bonds. The molecule has 2 aromatic rings. The van der Waals surface area contributed by atoms with Crippen molar-refractivity contribution in [3.63, 3.8) is 0 Å². The van der Waals surface area contributed by atoms with Crippen LogP contribution >= 0.6 is 35.3 Å². The van der Waals surface area contributed by atoms with Crippen molar-refractivity contribution >= 4 is 41.3 Å². The molecule has 1 heterocycles. The largest absolute Gasteiger partial charge is 0.493 e. The van der Waals surface area contributed by atoms with E-state index in [-0.39, 0.29) is 24.0 Å². The first-order valence-corrected chi connectivity index (χ1v) is 9.75. The third kappa shape index (κ3) is 6.73. The maximum absolute atomic E-state index is 5.53. The number of rotatable bonds is 9.